The number of rotatable bonds is 9. The molecule has 30 heavy (non-hydrogen) atoms. The van der Waals surface area contributed by atoms with E-state index in [0.29, 0.717) is 6.61 Å². The maximum absolute atomic E-state index is 5.83. The summed E-state index contributed by atoms with van der Waals surface area (Å²) in [5.41, 5.74) is 0. The molecule has 0 radical (unpaired) electrons. The van der Waals surface area contributed by atoms with E-state index in [1.165, 1.54) is 45.3 Å². The molecule has 0 spiro atoms. The molecule has 0 bridgehead atoms. The number of hydrogen-bond donors (Lipinski definition) is 1. The number of guanidine groups is 1. The van der Waals surface area contributed by atoms with Gasteiger partial charge < -0.3 is 24.6 Å². The molecule has 7 heteroatoms. The number of likely N-dealkylation sites (tertiary alicyclic amines) is 2. The van der Waals surface area contributed by atoms with Crippen LogP contribution in [0.25, 0.3) is 0 Å². The van der Waals surface area contributed by atoms with E-state index in [1.807, 2.05) is 24.3 Å². The number of nitrogens with zero attached hydrogens (tertiary/aromatic N) is 3. The third kappa shape index (κ3) is 8.13. The van der Waals surface area contributed by atoms with Gasteiger partial charge in [0.05, 0.1) is 13.7 Å². The Morgan fingerprint density at radius 3 is 2.73 bits per heavy atom. The molecule has 2 aliphatic heterocycles. The van der Waals surface area contributed by atoms with Crippen molar-refractivity contribution in [1.29, 1.82) is 0 Å². The molecule has 2 heterocycles. The predicted octanol–water partition coefficient (Wildman–Crippen LogP) is 3.86. The molecule has 1 atom stereocenters. The lowest BCUT2D eigenvalue weighted by Crippen LogP contribution is -2.41. The first kappa shape index (κ1) is 25.0. The third-order valence-electron chi connectivity index (χ3n) is 5.76. The van der Waals surface area contributed by atoms with E-state index in [4.69, 9.17) is 14.5 Å². The number of hydrogen-bond acceptors (Lipinski definition) is 4. The highest BCUT2D eigenvalue weighted by molar-refractivity contribution is 14.0. The molecule has 1 N–H and O–H groups in total. The van der Waals surface area contributed by atoms with Crippen LogP contribution in [0.4, 0.5) is 0 Å². The van der Waals surface area contributed by atoms with Crippen LogP contribution in [0.3, 0.4) is 0 Å². The number of methoxy groups -OCH3 is 1. The Bertz CT molecular complexity index is 637. The van der Waals surface area contributed by atoms with Gasteiger partial charge in [0.25, 0.3) is 0 Å². The van der Waals surface area contributed by atoms with E-state index in [0.717, 1.165) is 56.0 Å². The van der Waals surface area contributed by atoms with Crippen LogP contribution in [-0.4, -0.2) is 75.3 Å². The first-order valence-electron chi connectivity index (χ1n) is 11.3. The Labute approximate surface area is 199 Å². The summed E-state index contributed by atoms with van der Waals surface area (Å²) in [4.78, 5) is 9.96. The molecule has 170 valence electrons. The third-order valence-corrected chi connectivity index (χ3v) is 5.76. The van der Waals surface area contributed by atoms with E-state index < -0.39 is 0 Å². The molecule has 2 saturated heterocycles. The lowest BCUT2D eigenvalue weighted by atomic mass is 10.1. The Balaban J connectivity index is 0.00000320. The van der Waals surface area contributed by atoms with E-state index >= 15 is 0 Å². The van der Waals surface area contributed by atoms with Gasteiger partial charge in [-0.3, -0.25) is 4.99 Å². The number of benzene rings is 1. The smallest absolute Gasteiger partial charge is 0.193 e. The van der Waals surface area contributed by atoms with E-state index in [1.54, 1.807) is 7.11 Å². The van der Waals surface area contributed by atoms with Gasteiger partial charge in [-0.1, -0.05) is 12.5 Å². The van der Waals surface area contributed by atoms with Crippen LogP contribution < -0.4 is 14.8 Å². The number of nitrogens with one attached hydrogen (secondary N) is 1. The van der Waals surface area contributed by atoms with Crippen LogP contribution in [0.1, 0.15) is 39.0 Å². The van der Waals surface area contributed by atoms with Crippen LogP contribution >= 0.6 is 24.0 Å². The van der Waals surface area contributed by atoms with Crippen molar-refractivity contribution < 1.29 is 9.47 Å². The fourth-order valence-corrected chi connectivity index (χ4v) is 4.24. The van der Waals surface area contributed by atoms with E-state index in [9.17, 15) is 0 Å². The van der Waals surface area contributed by atoms with Crippen molar-refractivity contribution in [3.8, 4) is 11.5 Å². The molecule has 0 aromatic heterocycles. The van der Waals surface area contributed by atoms with Crippen LogP contribution in [-0.2, 0) is 0 Å². The zero-order valence-corrected chi connectivity index (χ0v) is 21.0. The minimum atomic E-state index is 0. The Kier molecular flexibility index (Phi) is 11.7. The number of ether oxygens (including phenoxy) is 2. The number of halogens is 1. The number of piperidine rings is 1. The second-order valence-corrected chi connectivity index (χ2v) is 8.08. The highest BCUT2D eigenvalue weighted by Crippen LogP contribution is 2.20. The van der Waals surface area contributed by atoms with Gasteiger partial charge >= 0.3 is 0 Å². The van der Waals surface area contributed by atoms with Crippen molar-refractivity contribution in [2.24, 2.45) is 10.9 Å². The van der Waals surface area contributed by atoms with Gasteiger partial charge in [-0.2, -0.15) is 0 Å². The summed E-state index contributed by atoms with van der Waals surface area (Å²) in [6.07, 6.45) is 6.33. The number of aliphatic imine (C=N–C) groups is 1. The van der Waals surface area contributed by atoms with E-state index in [-0.39, 0.29) is 24.0 Å². The van der Waals surface area contributed by atoms with Gasteiger partial charge in [0, 0.05) is 45.2 Å². The highest BCUT2D eigenvalue weighted by Gasteiger charge is 2.26. The van der Waals surface area contributed by atoms with Gasteiger partial charge in [-0.15, -0.1) is 24.0 Å². The molecule has 2 aliphatic rings. The molecular formula is C23H39IN4O2. The van der Waals surface area contributed by atoms with Crippen molar-refractivity contribution in [2.45, 2.75) is 39.0 Å². The van der Waals surface area contributed by atoms with Crippen molar-refractivity contribution >= 4 is 29.9 Å². The topological polar surface area (TPSA) is 49.3 Å². The van der Waals surface area contributed by atoms with Crippen molar-refractivity contribution in [3.05, 3.63) is 24.3 Å². The Hall–Kier alpha value is -1.22. The van der Waals surface area contributed by atoms with Crippen LogP contribution in [0.15, 0.2) is 29.3 Å². The fraction of sp³-hybridized carbons (Fsp3) is 0.696. The summed E-state index contributed by atoms with van der Waals surface area (Å²) in [5, 5.41) is 3.48. The Morgan fingerprint density at radius 2 is 1.97 bits per heavy atom. The predicted molar refractivity (Wildman–Crippen MR) is 134 cm³/mol. The van der Waals surface area contributed by atoms with Gasteiger partial charge in [0.2, 0.25) is 0 Å². The molecule has 0 saturated carbocycles. The molecular weight excluding hydrogens is 491 g/mol. The molecule has 0 amide bonds. The van der Waals surface area contributed by atoms with Crippen LogP contribution in [0, 0.1) is 5.92 Å². The summed E-state index contributed by atoms with van der Waals surface area (Å²) < 4.78 is 11.1. The SMILES string of the molecule is CCNC(=NCCCOc1cccc(OC)c1)N1CCC(CN2CCCCC2)C1.I. The molecule has 1 unspecified atom stereocenters. The minimum absolute atomic E-state index is 0. The molecule has 0 aliphatic carbocycles. The zero-order valence-electron chi connectivity index (χ0n) is 18.6. The van der Waals surface area contributed by atoms with Crippen molar-refractivity contribution in [1.82, 2.24) is 15.1 Å². The Morgan fingerprint density at radius 1 is 1.17 bits per heavy atom. The quantitative estimate of drug-likeness (QED) is 0.228. The van der Waals surface area contributed by atoms with Gasteiger partial charge in [-0.25, -0.2) is 0 Å². The lowest BCUT2D eigenvalue weighted by Gasteiger charge is -2.29. The van der Waals surface area contributed by atoms with Crippen molar-refractivity contribution in [2.75, 3.05) is 59.5 Å². The maximum Gasteiger partial charge on any atom is 0.193 e. The van der Waals surface area contributed by atoms with Gasteiger partial charge in [0.15, 0.2) is 5.96 Å². The molecule has 1 aromatic carbocycles. The summed E-state index contributed by atoms with van der Waals surface area (Å²) in [7, 11) is 1.67. The summed E-state index contributed by atoms with van der Waals surface area (Å²) >= 11 is 0. The summed E-state index contributed by atoms with van der Waals surface area (Å²) in [6, 6.07) is 7.75. The fourth-order valence-electron chi connectivity index (χ4n) is 4.24. The van der Waals surface area contributed by atoms with Crippen LogP contribution in [0.5, 0.6) is 11.5 Å². The second kappa shape index (κ2) is 14.0. The van der Waals surface area contributed by atoms with Gasteiger partial charge in [0.1, 0.15) is 11.5 Å². The highest BCUT2D eigenvalue weighted by atomic mass is 127. The molecule has 3 rings (SSSR count). The van der Waals surface area contributed by atoms with E-state index in [2.05, 4.69) is 22.0 Å². The molecule has 2 fully saturated rings. The van der Waals surface area contributed by atoms with Crippen LogP contribution in [0.2, 0.25) is 0 Å². The maximum atomic E-state index is 5.83. The average molecular weight is 530 g/mol. The monoisotopic (exact) mass is 530 g/mol. The normalized spacial score (nSPS) is 20.0. The lowest BCUT2D eigenvalue weighted by molar-refractivity contribution is 0.198. The summed E-state index contributed by atoms with van der Waals surface area (Å²) in [5.74, 6) is 3.51. The molecule has 1 aromatic rings. The standard InChI is InChI=1S/C23H38N4O2.HI/c1-3-24-23(25-12-8-16-29-22-10-7-9-21(17-22)28-2)27-15-11-20(19-27)18-26-13-5-4-6-14-26;/h7,9-10,17,20H,3-6,8,11-16,18-19H2,1-2H3,(H,24,25);1H. The van der Waals surface area contributed by atoms with Crippen molar-refractivity contribution in [3.63, 3.8) is 0 Å². The van der Waals surface area contributed by atoms with Gasteiger partial charge in [-0.05, 0) is 57.3 Å². The second-order valence-electron chi connectivity index (χ2n) is 8.08. The first-order valence-corrected chi connectivity index (χ1v) is 11.3. The zero-order chi connectivity index (χ0) is 20.3. The summed E-state index contributed by atoms with van der Waals surface area (Å²) in [6.45, 7) is 10.6. The minimum Gasteiger partial charge on any atom is -0.497 e. The largest absolute Gasteiger partial charge is 0.497 e. The first-order chi connectivity index (χ1) is 14.3. The average Bonchev–Trinajstić information content (AvgIpc) is 3.22. The molecule has 6 nitrogen and oxygen atoms in total.